The van der Waals surface area contributed by atoms with Crippen molar-refractivity contribution >= 4 is 17.2 Å². The average Bonchev–Trinajstić information content (AvgIpc) is 3.29. The average molecular weight is 348 g/mol. The summed E-state index contributed by atoms with van der Waals surface area (Å²) in [5.74, 6) is 0.531. The first-order valence-corrected chi connectivity index (χ1v) is 8.32. The molecule has 0 bridgehead atoms. The highest BCUT2D eigenvalue weighted by Gasteiger charge is 2.22. The van der Waals surface area contributed by atoms with E-state index in [2.05, 4.69) is 29.0 Å². The lowest BCUT2D eigenvalue weighted by atomic mass is 10.2. The van der Waals surface area contributed by atoms with Crippen LogP contribution in [0.4, 0.5) is 0 Å². The maximum atomic E-state index is 6.16. The molecule has 0 aromatic carbocycles. The van der Waals surface area contributed by atoms with E-state index in [-0.39, 0.29) is 12.1 Å². The van der Waals surface area contributed by atoms with Gasteiger partial charge < -0.3 is 9.47 Å². The van der Waals surface area contributed by atoms with Crippen molar-refractivity contribution in [2.45, 2.75) is 32.4 Å². The zero-order valence-corrected chi connectivity index (χ0v) is 14.3. The Balaban J connectivity index is 1.80. The van der Waals surface area contributed by atoms with E-state index < -0.39 is 0 Å². The van der Waals surface area contributed by atoms with Gasteiger partial charge in [-0.05, 0) is 13.8 Å². The van der Waals surface area contributed by atoms with Crippen LogP contribution in [0.25, 0.3) is 16.8 Å². The molecule has 4 rings (SSSR count). The summed E-state index contributed by atoms with van der Waals surface area (Å²) in [5, 5.41) is 9.13. The van der Waals surface area contributed by atoms with Crippen LogP contribution >= 0.6 is 11.6 Å². The number of ether oxygens (including phenoxy) is 2. The molecule has 1 saturated heterocycles. The third-order valence-electron chi connectivity index (χ3n) is 4.02. The number of hydrogen-bond donors (Lipinski definition) is 0. The zero-order chi connectivity index (χ0) is 16.7. The van der Waals surface area contributed by atoms with Gasteiger partial charge in [-0.25, -0.2) is 4.52 Å². The molecule has 0 amide bonds. The molecule has 4 heterocycles. The van der Waals surface area contributed by atoms with Crippen LogP contribution in [0, 0.1) is 0 Å². The number of rotatable bonds is 4. The third-order valence-corrected chi connectivity index (χ3v) is 4.29. The van der Waals surface area contributed by atoms with Gasteiger partial charge in [-0.3, -0.25) is 4.68 Å². The summed E-state index contributed by atoms with van der Waals surface area (Å²) in [6.45, 7) is 5.45. The Morgan fingerprint density at radius 2 is 2.17 bits per heavy atom. The van der Waals surface area contributed by atoms with Crippen LogP contribution in [-0.2, 0) is 4.74 Å². The van der Waals surface area contributed by atoms with Crippen molar-refractivity contribution in [3.05, 3.63) is 29.8 Å². The second-order valence-electron chi connectivity index (χ2n) is 6.13. The Morgan fingerprint density at radius 3 is 2.88 bits per heavy atom. The smallest absolute Gasteiger partial charge is 0.225 e. The minimum Gasteiger partial charge on any atom is -0.471 e. The molecule has 1 aliphatic rings. The molecular weight excluding hydrogens is 330 g/mol. The van der Waals surface area contributed by atoms with Crippen molar-refractivity contribution in [2.24, 2.45) is 0 Å². The SMILES string of the molecule is CC(C)n1cc(-c2cn3ncc(Cl)c3nc2O[C@H]2CCOC2)cn1. The summed E-state index contributed by atoms with van der Waals surface area (Å²) in [7, 11) is 0. The highest BCUT2D eigenvalue weighted by Crippen LogP contribution is 2.32. The molecule has 126 valence electrons. The van der Waals surface area contributed by atoms with Crippen molar-refractivity contribution in [1.82, 2.24) is 24.4 Å². The van der Waals surface area contributed by atoms with Crippen molar-refractivity contribution in [3.63, 3.8) is 0 Å². The van der Waals surface area contributed by atoms with Gasteiger partial charge in [0.2, 0.25) is 5.88 Å². The molecule has 0 unspecified atom stereocenters. The van der Waals surface area contributed by atoms with Gasteiger partial charge in [0.1, 0.15) is 11.1 Å². The van der Waals surface area contributed by atoms with Crippen LogP contribution in [0.15, 0.2) is 24.8 Å². The summed E-state index contributed by atoms with van der Waals surface area (Å²) in [4.78, 5) is 4.58. The molecule has 3 aromatic heterocycles. The minimum absolute atomic E-state index is 0.000501. The molecule has 7 nitrogen and oxygen atoms in total. The van der Waals surface area contributed by atoms with Gasteiger partial charge in [-0.1, -0.05) is 11.6 Å². The Bertz CT molecular complexity index is 867. The Labute approximate surface area is 144 Å². The number of hydrogen-bond acceptors (Lipinski definition) is 5. The number of halogens is 1. The van der Waals surface area contributed by atoms with Crippen molar-refractivity contribution < 1.29 is 9.47 Å². The Hall–Kier alpha value is -2.12. The van der Waals surface area contributed by atoms with E-state index in [1.165, 1.54) is 0 Å². The van der Waals surface area contributed by atoms with E-state index in [9.17, 15) is 0 Å². The standard InChI is InChI=1S/C16H18ClN5O2/c1-10(2)21-7-11(5-18-21)13-8-22-15(14(17)6-19-22)20-16(13)24-12-3-4-23-9-12/h5-8,10,12H,3-4,9H2,1-2H3/t12-/m0/s1. The van der Waals surface area contributed by atoms with Gasteiger partial charge in [-0.2, -0.15) is 15.2 Å². The first-order chi connectivity index (χ1) is 11.6. The second kappa shape index (κ2) is 6.07. The second-order valence-corrected chi connectivity index (χ2v) is 6.53. The summed E-state index contributed by atoms with van der Waals surface area (Å²) in [5.41, 5.74) is 2.34. The van der Waals surface area contributed by atoms with Crippen molar-refractivity contribution in [3.8, 4) is 17.0 Å². The highest BCUT2D eigenvalue weighted by molar-refractivity contribution is 6.33. The number of nitrogens with zero attached hydrogens (tertiary/aromatic N) is 5. The predicted molar refractivity (Wildman–Crippen MR) is 89.5 cm³/mol. The lowest BCUT2D eigenvalue weighted by Gasteiger charge is -2.14. The summed E-state index contributed by atoms with van der Waals surface area (Å²) in [6.07, 6.45) is 8.10. The molecule has 0 spiro atoms. The van der Waals surface area contributed by atoms with Crippen molar-refractivity contribution in [2.75, 3.05) is 13.2 Å². The quantitative estimate of drug-likeness (QED) is 0.725. The third kappa shape index (κ3) is 2.74. The molecule has 1 fully saturated rings. The van der Waals surface area contributed by atoms with E-state index >= 15 is 0 Å². The molecule has 1 atom stereocenters. The maximum Gasteiger partial charge on any atom is 0.225 e. The zero-order valence-electron chi connectivity index (χ0n) is 13.5. The topological polar surface area (TPSA) is 66.5 Å². The molecule has 1 aliphatic heterocycles. The van der Waals surface area contributed by atoms with E-state index in [4.69, 9.17) is 21.1 Å². The summed E-state index contributed by atoms with van der Waals surface area (Å²) < 4.78 is 15.0. The van der Waals surface area contributed by atoms with Crippen LogP contribution < -0.4 is 4.74 Å². The lowest BCUT2D eigenvalue weighted by molar-refractivity contribution is 0.138. The normalized spacial score (nSPS) is 17.9. The molecule has 24 heavy (non-hydrogen) atoms. The molecular formula is C16H18ClN5O2. The van der Waals surface area contributed by atoms with E-state index in [0.29, 0.717) is 29.8 Å². The van der Waals surface area contributed by atoms with Gasteiger partial charge in [-0.15, -0.1) is 0 Å². The monoisotopic (exact) mass is 347 g/mol. The van der Waals surface area contributed by atoms with Crippen LogP contribution in [-0.4, -0.2) is 43.7 Å². The fourth-order valence-corrected chi connectivity index (χ4v) is 2.85. The van der Waals surface area contributed by atoms with Crippen LogP contribution in [0.3, 0.4) is 0 Å². The highest BCUT2D eigenvalue weighted by atomic mass is 35.5. The Kier molecular flexibility index (Phi) is 3.90. The molecule has 3 aromatic rings. The molecule has 0 N–H and O–H groups in total. The van der Waals surface area contributed by atoms with E-state index in [1.807, 2.05) is 23.3 Å². The first kappa shape index (κ1) is 15.4. The fourth-order valence-electron chi connectivity index (χ4n) is 2.68. The van der Waals surface area contributed by atoms with Gasteiger partial charge in [0.05, 0.1) is 31.2 Å². The summed E-state index contributed by atoms with van der Waals surface area (Å²) in [6, 6.07) is 0.280. The predicted octanol–water partition coefficient (Wildman–Crippen LogP) is 2.99. The lowest BCUT2D eigenvalue weighted by Crippen LogP contribution is -2.17. The minimum atomic E-state index is 0.000501. The molecule has 0 saturated carbocycles. The molecule has 0 radical (unpaired) electrons. The molecule has 8 heteroatoms. The Morgan fingerprint density at radius 1 is 1.29 bits per heavy atom. The van der Waals surface area contributed by atoms with Crippen molar-refractivity contribution in [1.29, 1.82) is 0 Å². The van der Waals surface area contributed by atoms with Crippen LogP contribution in [0.1, 0.15) is 26.3 Å². The number of fused-ring (bicyclic) bond motifs is 1. The largest absolute Gasteiger partial charge is 0.471 e. The van der Waals surface area contributed by atoms with Gasteiger partial charge in [0.15, 0.2) is 5.65 Å². The summed E-state index contributed by atoms with van der Waals surface area (Å²) >= 11 is 6.16. The van der Waals surface area contributed by atoms with Crippen LogP contribution in [0.5, 0.6) is 5.88 Å². The van der Waals surface area contributed by atoms with E-state index in [1.54, 1.807) is 10.7 Å². The molecule has 0 aliphatic carbocycles. The van der Waals surface area contributed by atoms with Gasteiger partial charge >= 0.3 is 0 Å². The maximum absolute atomic E-state index is 6.16. The van der Waals surface area contributed by atoms with Crippen LogP contribution in [0.2, 0.25) is 5.02 Å². The van der Waals surface area contributed by atoms with Gasteiger partial charge in [0, 0.05) is 30.4 Å². The van der Waals surface area contributed by atoms with Gasteiger partial charge in [0.25, 0.3) is 0 Å². The first-order valence-electron chi connectivity index (χ1n) is 7.94. The van der Waals surface area contributed by atoms with E-state index in [0.717, 1.165) is 17.5 Å². The fraction of sp³-hybridized carbons (Fsp3) is 0.438. The number of aromatic nitrogens is 5.